The number of hydrogen-bond acceptors (Lipinski definition) is 4. The number of nitrogens with one attached hydrogen (secondary N) is 1. The number of nitrogens with two attached hydrogens (primary N) is 1. The van der Waals surface area contributed by atoms with Gasteiger partial charge >= 0.3 is 5.97 Å². The highest BCUT2D eigenvalue weighted by atomic mass is 35.5. The van der Waals surface area contributed by atoms with E-state index in [2.05, 4.69) is 5.32 Å². The van der Waals surface area contributed by atoms with Crippen LogP contribution in [0, 0.1) is 0 Å². The summed E-state index contributed by atoms with van der Waals surface area (Å²) in [6.07, 6.45) is 0. The largest absolute Gasteiger partial charge is 0.452 e. The topological polar surface area (TPSA) is 81.4 Å². The summed E-state index contributed by atoms with van der Waals surface area (Å²) < 4.78 is 4.90. The van der Waals surface area contributed by atoms with Crippen LogP contribution in [0.5, 0.6) is 0 Å². The number of benzene rings is 2. The van der Waals surface area contributed by atoms with Crippen molar-refractivity contribution < 1.29 is 14.3 Å². The zero-order valence-electron chi connectivity index (χ0n) is 11.9. The first kappa shape index (κ1) is 18.7. The molecule has 126 valence electrons. The molecule has 2 aromatic carbocycles. The molecule has 0 bridgehead atoms. The smallest absolute Gasteiger partial charge is 0.340 e. The van der Waals surface area contributed by atoms with Gasteiger partial charge < -0.3 is 15.8 Å². The van der Waals surface area contributed by atoms with Crippen LogP contribution in [0.2, 0.25) is 20.1 Å². The molecular formula is C15H10Cl4N2O3. The van der Waals surface area contributed by atoms with E-state index in [1.807, 2.05) is 0 Å². The van der Waals surface area contributed by atoms with Crippen molar-refractivity contribution in [3.63, 3.8) is 0 Å². The number of ether oxygens (including phenoxy) is 1. The van der Waals surface area contributed by atoms with Crippen LogP contribution in [0.3, 0.4) is 0 Å². The van der Waals surface area contributed by atoms with Gasteiger partial charge in [0.15, 0.2) is 6.61 Å². The average molecular weight is 408 g/mol. The summed E-state index contributed by atoms with van der Waals surface area (Å²) in [6, 6.07) is 7.44. The van der Waals surface area contributed by atoms with E-state index in [4.69, 9.17) is 56.9 Å². The third-order valence-corrected chi connectivity index (χ3v) is 4.22. The highest BCUT2D eigenvalue weighted by molar-refractivity contribution is 6.44. The van der Waals surface area contributed by atoms with Crippen LogP contribution in [0.25, 0.3) is 0 Å². The molecule has 1 amide bonds. The minimum absolute atomic E-state index is 0.0179. The maximum absolute atomic E-state index is 12.0. The zero-order chi connectivity index (χ0) is 17.9. The lowest BCUT2D eigenvalue weighted by Gasteiger charge is -2.10. The molecule has 0 fully saturated rings. The molecule has 2 aromatic rings. The highest BCUT2D eigenvalue weighted by Gasteiger charge is 2.17. The first-order chi connectivity index (χ1) is 11.3. The monoisotopic (exact) mass is 406 g/mol. The van der Waals surface area contributed by atoms with E-state index < -0.39 is 18.5 Å². The van der Waals surface area contributed by atoms with Crippen molar-refractivity contribution in [1.29, 1.82) is 0 Å². The van der Waals surface area contributed by atoms with Gasteiger partial charge in [0.1, 0.15) is 0 Å². The Kier molecular flexibility index (Phi) is 6.18. The molecule has 0 unspecified atom stereocenters. The molecule has 0 aromatic heterocycles. The van der Waals surface area contributed by atoms with E-state index in [1.165, 1.54) is 12.1 Å². The first-order valence-corrected chi connectivity index (χ1v) is 7.96. The van der Waals surface area contributed by atoms with Crippen molar-refractivity contribution in [3.8, 4) is 0 Å². The predicted octanol–water partition coefficient (Wildman–Crippen LogP) is 4.68. The van der Waals surface area contributed by atoms with E-state index in [1.54, 1.807) is 18.2 Å². The Morgan fingerprint density at radius 1 is 1.08 bits per heavy atom. The van der Waals surface area contributed by atoms with Gasteiger partial charge in [0.2, 0.25) is 0 Å². The van der Waals surface area contributed by atoms with Gasteiger partial charge in [0, 0.05) is 5.02 Å². The van der Waals surface area contributed by atoms with Crippen LogP contribution in [-0.4, -0.2) is 18.5 Å². The summed E-state index contributed by atoms with van der Waals surface area (Å²) in [7, 11) is 0. The molecule has 0 spiro atoms. The maximum Gasteiger partial charge on any atom is 0.340 e. The van der Waals surface area contributed by atoms with Crippen LogP contribution in [0.1, 0.15) is 10.4 Å². The number of carbonyl (C=O) groups excluding carboxylic acids is 2. The molecule has 0 aliphatic carbocycles. The fraction of sp³-hybridized carbons (Fsp3) is 0.0667. The van der Waals surface area contributed by atoms with E-state index in [0.29, 0.717) is 5.69 Å². The molecule has 0 radical (unpaired) electrons. The van der Waals surface area contributed by atoms with Crippen LogP contribution < -0.4 is 11.1 Å². The van der Waals surface area contributed by atoms with Gasteiger partial charge in [0.05, 0.1) is 32.0 Å². The number of rotatable bonds is 4. The second kappa shape index (κ2) is 7.94. The molecule has 0 atom stereocenters. The Bertz CT molecular complexity index is 812. The molecule has 0 aliphatic rings. The molecule has 5 nitrogen and oxygen atoms in total. The molecule has 24 heavy (non-hydrogen) atoms. The second-order valence-corrected chi connectivity index (χ2v) is 6.20. The molecular weight excluding hydrogens is 398 g/mol. The molecule has 9 heteroatoms. The summed E-state index contributed by atoms with van der Waals surface area (Å²) in [5.74, 6) is -1.43. The van der Waals surface area contributed by atoms with Crippen molar-refractivity contribution in [2.75, 3.05) is 17.7 Å². The number of halogens is 4. The van der Waals surface area contributed by atoms with Crippen LogP contribution in [0.15, 0.2) is 30.3 Å². The predicted molar refractivity (Wildman–Crippen MR) is 96.2 cm³/mol. The average Bonchev–Trinajstić information content (AvgIpc) is 2.53. The molecule has 0 heterocycles. The number of hydrogen-bond donors (Lipinski definition) is 2. The van der Waals surface area contributed by atoms with Gasteiger partial charge in [-0.05, 0) is 24.3 Å². The van der Waals surface area contributed by atoms with Crippen molar-refractivity contribution in [2.45, 2.75) is 0 Å². The normalized spacial score (nSPS) is 10.3. The van der Waals surface area contributed by atoms with Gasteiger partial charge in [-0.1, -0.05) is 52.5 Å². The van der Waals surface area contributed by atoms with Crippen molar-refractivity contribution in [1.82, 2.24) is 0 Å². The van der Waals surface area contributed by atoms with Gasteiger partial charge in [-0.3, -0.25) is 4.79 Å². The standard InChI is InChI=1S/C15H10Cl4N2O3/c16-7-4-8(14(20)10(18)5-7)15(23)24-6-12(22)21-11-3-1-2-9(17)13(11)19/h1-5H,6,20H2,(H,21,22). The lowest BCUT2D eigenvalue weighted by atomic mass is 10.2. The third-order valence-electron chi connectivity index (χ3n) is 2.87. The maximum atomic E-state index is 12.0. The Morgan fingerprint density at radius 3 is 2.50 bits per heavy atom. The zero-order valence-corrected chi connectivity index (χ0v) is 14.9. The van der Waals surface area contributed by atoms with Gasteiger partial charge in [-0.2, -0.15) is 0 Å². The summed E-state index contributed by atoms with van der Waals surface area (Å²) in [6.45, 7) is -0.550. The molecule has 0 saturated heterocycles. The van der Waals surface area contributed by atoms with Gasteiger partial charge in [0.25, 0.3) is 5.91 Å². The minimum Gasteiger partial charge on any atom is -0.452 e. The van der Waals surface area contributed by atoms with Crippen molar-refractivity contribution in [2.24, 2.45) is 0 Å². The van der Waals surface area contributed by atoms with E-state index >= 15 is 0 Å². The summed E-state index contributed by atoms with van der Waals surface area (Å²) in [4.78, 5) is 23.9. The fourth-order valence-corrected chi connectivity index (χ4v) is 2.59. The lowest BCUT2D eigenvalue weighted by molar-refractivity contribution is -0.119. The Balaban J connectivity index is 2.02. The highest BCUT2D eigenvalue weighted by Crippen LogP contribution is 2.30. The van der Waals surface area contributed by atoms with Gasteiger partial charge in [-0.25, -0.2) is 4.79 Å². The summed E-state index contributed by atoms with van der Waals surface area (Å²) >= 11 is 23.5. The van der Waals surface area contributed by atoms with Crippen LogP contribution in [-0.2, 0) is 9.53 Å². The third kappa shape index (κ3) is 4.45. The Hall–Kier alpha value is -1.66. The quantitative estimate of drug-likeness (QED) is 0.569. The number of anilines is 2. The Morgan fingerprint density at radius 2 is 1.79 bits per heavy atom. The summed E-state index contributed by atoms with van der Waals surface area (Å²) in [5.41, 5.74) is 5.99. The van der Waals surface area contributed by atoms with Crippen LogP contribution in [0.4, 0.5) is 11.4 Å². The number of carbonyl (C=O) groups is 2. The first-order valence-electron chi connectivity index (χ1n) is 6.45. The molecule has 0 saturated carbocycles. The van der Waals surface area contributed by atoms with Crippen molar-refractivity contribution >= 4 is 69.7 Å². The van der Waals surface area contributed by atoms with E-state index in [-0.39, 0.29) is 31.3 Å². The van der Waals surface area contributed by atoms with Crippen LogP contribution >= 0.6 is 46.4 Å². The Labute approximate surface area is 157 Å². The van der Waals surface area contributed by atoms with Gasteiger partial charge in [-0.15, -0.1) is 0 Å². The summed E-state index contributed by atoms with van der Waals surface area (Å²) in [5, 5.41) is 3.28. The van der Waals surface area contributed by atoms with Crippen molar-refractivity contribution in [3.05, 3.63) is 56.0 Å². The fourth-order valence-electron chi connectivity index (χ4n) is 1.75. The number of esters is 1. The number of nitrogen functional groups attached to an aromatic ring is 1. The second-order valence-electron chi connectivity index (χ2n) is 4.57. The molecule has 2 rings (SSSR count). The number of amides is 1. The lowest BCUT2D eigenvalue weighted by Crippen LogP contribution is -2.21. The molecule has 3 N–H and O–H groups in total. The van der Waals surface area contributed by atoms with E-state index in [0.717, 1.165) is 0 Å². The molecule has 0 aliphatic heterocycles. The SMILES string of the molecule is Nc1c(Cl)cc(Cl)cc1C(=O)OCC(=O)Nc1cccc(Cl)c1Cl. The minimum atomic E-state index is -0.829. The van der Waals surface area contributed by atoms with E-state index in [9.17, 15) is 9.59 Å².